The fourth-order valence-electron chi connectivity index (χ4n) is 1.80. The monoisotopic (exact) mass is 278 g/mol. The van der Waals surface area contributed by atoms with Crippen molar-refractivity contribution in [3.05, 3.63) is 11.9 Å². The molecule has 0 aliphatic rings. The van der Waals surface area contributed by atoms with Gasteiger partial charge in [-0.25, -0.2) is 9.97 Å². The number of nitrogen functional groups attached to an aromatic ring is 1. The van der Waals surface area contributed by atoms with Crippen LogP contribution < -0.4 is 10.6 Å². The van der Waals surface area contributed by atoms with Crippen LogP contribution >= 0.6 is 0 Å². The van der Waals surface area contributed by atoms with Gasteiger partial charge in [-0.05, 0) is 5.92 Å². The summed E-state index contributed by atoms with van der Waals surface area (Å²) in [6.45, 7) is 1.82. The van der Waals surface area contributed by atoms with E-state index in [-0.39, 0.29) is 24.1 Å². The van der Waals surface area contributed by atoms with Gasteiger partial charge in [0, 0.05) is 12.1 Å². The fourth-order valence-corrected chi connectivity index (χ4v) is 1.80. The molecule has 3 N–H and O–H groups in total. The van der Waals surface area contributed by atoms with Crippen molar-refractivity contribution < 1.29 is 18.3 Å². The molecule has 19 heavy (non-hydrogen) atoms. The number of aliphatic hydroxyl groups excluding tert-OH is 1. The number of hydrogen-bond donors (Lipinski definition) is 2. The Bertz CT molecular complexity index is 423. The Kier molecular flexibility index (Phi) is 4.93. The summed E-state index contributed by atoms with van der Waals surface area (Å²) in [7, 11) is 0. The number of alkyl halides is 3. The number of anilines is 2. The zero-order chi connectivity index (χ0) is 14.6. The molecule has 8 heteroatoms. The average molecular weight is 278 g/mol. The molecule has 0 spiro atoms. The second-order valence-corrected chi connectivity index (χ2v) is 4.41. The summed E-state index contributed by atoms with van der Waals surface area (Å²) in [5, 5.41) is 8.91. The standard InChI is InChI=1S/C11H17F3N4O/c1-7(2)8-9(15)16-6-17-10(8)18(3-4-19)5-11(12,13)14/h6-7,19H,3-5H2,1-2H3,(H2,15,16,17). The fraction of sp³-hybridized carbons (Fsp3) is 0.636. The number of hydrogen-bond acceptors (Lipinski definition) is 5. The van der Waals surface area contributed by atoms with Crippen molar-refractivity contribution in [2.75, 3.05) is 30.3 Å². The first-order chi connectivity index (χ1) is 8.76. The molecule has 0 saturated carbocycles. The lowest BCUT2D eigenvalue weighted by atomic mass is 10.0. The summed E-state index contributed by atoms with van der Waals surface area (Å²) < 4.78 is 37.7. The van der Waals surface area contributed by atoms with Crippen LogP contribution in [0.1, 0.15) is 25.3 Å². The van der Waals surface area contributed by atoms with Crippen LogP contribution in [0.25, 0.3) is 0 Å². The minimum absolute atomic E-state index is 0.119. The predicted molar refractivity (Wildman–Crippen MR) is 65.9 cm³/mol. The first-order valence-corrected chi connectivity index (χ1v) is 5.79. The number of nitrogens with zero attached hydrogens (tertiary/aromatic N) is 3. The lowest BCUT2D eigenvalue weighted by Gasteiger charge is -2.27. The number of halogens is 3. The van der Waals surface area contributed by atoms with Gasteiger partial charge in [0.25, 0.3) is 0 Å². The van der Waals surface area contributed by atoms with Crippen LogP contribution in [0.5, 0.6) is 0 Å². The average Bonchev–Trinajstić information content (AvgIpc) is 2.25. The van der Waals surface area contributed by atoms with E-state index >= 15 is 0 Å². The maximum atomic E-state index is 12.6. The van der Waals surface area contributed by atoms with Crippen LogP contribution in [0.2, 0.25) is 0 Å². The molecule has 0 amide bonds. The highest BCUT2D eigenvalue weighted by molar-refractivity contribution is 5.58. The Morgan fingerprint density at radius 3 is 2.47 bits per heavy atom. The molecule has 0 atom stereocenters. The maximum Gasteiger partial charge on any atom is 0.405 e. The molecule has 0 radical (unpaired) electrons. The van der Waals surface area contributed by atoms with Gasteiger partial charge in [0.15, 0.2) is 0 Å². The molecule has 0 aromatic carbocycles. The zero-order valence-electron chi connectivity index (χ0n) is 10.8. The third-order valence-corrected chi connectivity index (χ3v) is 2.51. The van der Waals surface area contributed by atoms with Crippen LogP contribution in [0.4, 0.5) is 24.8 Å². The summed E-state index contributed by atoms with van der Waals surface area (Å²) in [4.78, 5) is 8.65. The Labute approximate surface area is 109 Å². The molecular formula is C11H17F3N4O. The highest BCUT2D eigenvalue weighted by Crippen LogP contribution is 2.30. The van der Waals surface area contributed by atoms with E-state index in [9.17, 15) is 13.2 Å². The van der Waals surface area contributed by atoms with E-state index < -0.39 is 19.3 Å². The summed E-state index contributed by atoms with van der Waals surface area (Å²) in [5.74, 6) is 0.157. The molecule has 0 unspecified atom stereocenters. The number of rotatable bonds is 5. The largest absolute Gasteiger partial charge is 0.405 e. The Hall–Kier alpha value is -1.57. The number of aromatic nitrogens is 2. The van der Waals surface area contributed by atoms with Gasteiger partial charge >= 0.3 is 6.18 Å². The van der Waals surface area contributed by atoms with Crippen molar-refractivity contribution in [2.24, 2.45) is 0 Å². The Morgan fingerprint density at radius 1 is 1.37 bits per heavy atom. The molecule has 0 bridgehead atoms. The van der Waals surface area contributed by atoms with Gasteiger partial charge in [-0.1, -0.05) is 13.8 Å². The summed E-state index contributed by atoms with van der Waals surface area (Å²) in [6, 6.07) is 0. The molecule has 0 saturated heterocycles. The maximum absolute atomic E-state index is 12.6. The van der Waals surface area contributed by atoms with Gasteiger partial charge in [0.1, 0.15) is 24.5 Å². The van der Waals surface area contributed by atoms with Gasteiger partial charge in [-0.3, -0.25) is 0 Å². The normalized spacial score (nSPS) is 11.9. The first-order valence-electron chi connectivity index (χ1n) is 5.79. The first kappa shape index (κ1) is 15.5. The minimum atomic E-state index is -4.39. The van der Waals surface area contributed by atoms with Gasteiger partial charge in [0.2, 0.25) is 0 Å². The van der Waals surface area contributed by atoms with Gasteiger partial charge in [-0.15, -0.1) is 0 Å². The van der Waals surface area contributed by atoms with E-state index in [0.29, 0.717) is 5.56 Å². The molecule has 1 rings (SSSR count). The minimum Gasteiger partial charge on any atom is -0.395 e. The van der Waals surface area contributed by atoms with Crippen LogP contribution in [0.15, 0.2) is 6.33 Å². The van der Waals surface area contributed by atoms with Crippen LogP contribution in [-0.2, 0) is 0 Å². The second-order valence-electron chi connectivity index (χ2n) is 4.41. The van der Waals surface area contributed by atoms with E-state index in [1.54, 1.807) is 13.8 Å². The second kappa shape index (κ2) is 6.05. The lowest BCUT2D eigenvalue weighted by molar-refractivity contribution is -0.120. The summed E-state index contributed by atoms with van der Waals surface area (Å²) in [5.41, 5.74) is 6.16. The van der Waals surface area contributed by atoms with Crippen molar-refractivity contribution in [3.8, 4) is 0 Å². The van der Waals surface area contributed by atoms with Crippen molar-refractivity contribution in [1.82, 2.24) is 9.97 Å². The predicted octanol–water partition coefficient (Wildman–Crippen LogP) is 1.54. The molecule has 1 aromatic rings. The SMILES string of the molecule is CC(C)c1c(N)ncnc1N(CCO)CC(F)(F)F. The van der Waals surface area contributed by atoms with E-state index in [4.69, 9.17) is 10.8 Å². The Morgan fingerprint density at radius 2 is 2.00 bits per heavy atom. The molecular weight excluding hydrogens is 261 g/mol. The summed E-state index contributed by atoms with van der Waals surface area (Å²) in [6.07, 6.45) is -3.26. The van der Waals surface area contributed by atoms with Crippen LogP contribution in [-0.4, -0.2) is 40.9 Å². The van der Waals surface area contributed by atoms with E-state index in [1.165, 1.54) is 0 Å². The highest BCUT2D eigenvalue weighted by atomic mass is 19.4. The lowest BCUT2D eigenvalue weighted by Crippen LogP contribution is -2.37. The molecule has 5 nitrogen and oxygen atoms in total. The third-order valence-electron chi connectivity index (χ3n) is 2.51. The van der Waals surface area contributed by atoms with Crippen LogP contribution in [0.3, 0.4) is 0 Å². The quantitative estimate of drug-likeness (QED) is 0.854. The van der Waals surface area contributed by atoms with Gasteiger partial charge < -0.3 is 15.7 Å². The molecule has 1 heterocycles. The van der Waals surface area contributed by atoms with E-state index in [1.807, 2.05) is 0 Å². The van der Waals surface area contributed by atoms with E-state index in [0.717, 1.165) is 11.2 Å². The topological polar surface area (TPSA) is 75.3 Å². The third kappa shape index (κ3) is 4.23. The number of aliphatic hydroxyl groups is 1. The smallest absolute Gasteiger partial charge is 0.395 e. The molecule has 108 valence electrons. The summed E-state index contributed by atoms with van der Waals surface area (Å²) >= 11 is 0. The van der Waals surface area contributed by atoms with Crippen LogP contribution in [0, 0.1) is 0 Å². The molecule has 0 aliphatic heterocycles. The van der Waals surface area contributed by atoms with E-state index in [2.05, 4.69) is 9.97 Å². The Balaban J connectivity index is 3.18. The molecule has 1 aromatic heterocycles. The van der Waals surface area contributed by atoms with Crippen molar-refractivity contribution in [1.29, 1.82) is 0 Å². The zero-order valence-corrected chi connectivity index (χ0v) is 10.8. The number of nitrogens with two attached hydrogens (primary N) is 1. The molecule has 0 fully saturated rings. The van der Waals surface area contributed by atoms with Crippen molar-refractivity contribution >= 4 is 11.6 Å². The van der Waals surface area contributed by atoms with Gasteiger partial charge in [0.05, 0.1) is 6.61 Å². The molecule has 0 aliphatic carbocycles. The van der Waals surface area contributed by atoms with Crippen molar-refractivity contribution in [2.45, 2.75) is 25.9 Å². The van der Waals surface area contributed by atoms with Gasteiger partial charge in [-0.2, -0.15) is 13.2 Å². The van der Waals surface area contributed by atoms with Crippen molar-refractivity contribution in [3.63, 3.8) is 0 Å². The highest BCUT2D eigenvalue weighted by Gasteiger charge is 2.32.